The van der Waals surface area contributed by atoms with Gasteiger partial charge >= 0.3 is 0 Å². The van der Waals surface area contributed by atoms with Gasteiger partial charge in [0.2, 0.25) is 0 Å². The van der Waals surface area contributed by atoms with E-state index in [4.69, 9.17) is 5.26 Å². The number of fused-ring (bicyclic) bond motifs is 1. The molecule has 2 aromatic rings. The van der Waals surface area contributed by atoms with Crippen molar-refractivity contribution in [1.82, 2.24) is 0 Å². The standard InChI is InChI=1S/C16H14FIN2S/c1-9-12(17)5-10(8-19)6-14(9)20-13-3-2-4-15-11(13)7-16(18)21-15/h5-7,13,20H,2-4H2,1H3. The van der Waals surface area contributed by atoms with Crippen LogP contribution < -0.4 is 5.32 Å². The summed E-state index contributed by atoms with van der Waals surface area (Å²) in [7, 11) is 0. The van der Waals surface area contributed by atoms with E-state index in [9.17, 15) is 4.39 Å². The summed E-state index contributed by atoms with van der Waals surface area (Å²) in [5, 5.41) is 12.4. The van der Waals surface area contributed by atoms with E-state index in [-0.39, 0.29) is 11.9 Å². The van der Waals surface area contributed by atoms with E-state index < -0.39 is 0 Å². The molecule has 1 aliphatic rings. The second kappa shape index (κ2) is 5.93. The van der Waals surface area contributed by atoms with Gasteiger partial charge in [0.25, 0.3) is 0 Å². The van der Waals surface area contributed by atoms with Crippen LogP contribution in [0.2, 0.25) is 0 Å². The molecule has 5 heteroatoms. The monoisotopic (exact) mass is 412 g/mol. The van der Waals surface area contributed by atoms with Crippen molar-refractivity contribution in [2.75, 3.05) is 5.32 Å². The zero-order valence-corrected chi connectivity index (χ0v) is 14.5. The summed E-state index contributed by atoms with van der Waals surface area (Å²) in [5.74, 6) is -0.326. The maximum absolute atomic E-state index is 13.9. The molecule has 1 unspecified atom stereocenters. The number of hydrogen-bond acceptors (Lipinski definition) is 3. The van der Waals surface area contributed by atoms with Crippen LogP contribution in [0.15, 0.2) is 18.2 Å². The van der Waals surface area contributed by atoms with Crippen LogP contribution in [0.3, 0.4) is 0 Å². The molecule has 2 nitrogen and oxygen atoms in total. The van der Waals surface area contributed by atoms with E-state index in [1.807, 2.05) is 17.4 Å². The Morgan fingerprint density at radius 1 is 1.43 bits per heavy atom. The van der Waals surface area contributed by atoms with Gasteiger partial charge in [0, 0.05) is 16.1 Å². The minimum absolute atomic E-state index is 0.209. The fourth-order valence-electron chi connectivity index (χ4n) is 2.75. The fourth-order valence-corrected chi connectivity index (χ4v) is 4.87. The molecular weight excluding hydrogens is 398 g/mol. The molecule has 108 valence electrons. The van der Waals surface area contributed by atoms with Crippen molar-refractivity contribution < 1.29 is 4.39 Å². The number of nitrogens with one attached hydrogen (secondary N) is 1. The summed E-state index contributed by atoms with van der Waals surface area (Å²) in [6.45, 7) is 1.75. The molecule has 0 saturated carbocycles. The largest absolute Gasteiger partial charge is 0.378 e. The van der Waals surface area contributed by atoms with Crippen molar-refractivity contribution in [1.29, 1.82) is 5.26 Å². The smallest absolute Gasteiger partial charge is 0.129 e. The lowest BCUT2D eigenvalue weighted by molar-refractivity contribution is 0.601. The minimum atomic E-state index is -0.326. The van der Waals surface area contributed by atoms with Gasteiger partial charge < -0.3 is 5.32 Å². The zero-order chi connectivity index (χ0) is 15.0. The average molecular weight is 412 g/mol. The highest BCUT2D eigenvalue weighted by Crippen LogP contribution is 2.38. The van der Waals surface area contributed by atoms with Gasteiger partial charge in [0.1, 0.15) is 5.82 Å². The Bertz CT molecular complexity index is 733. The van der Waals surface area contributed by atoms with Gasteiger partial charge in [0.15, 0.2) is 0 Å². The molecule has 0 radical (unpaired) electrons. The van der Waals surface area contributed by atoms with Crippen LogP contribution in [0.1, 0.15) is 40.5 Å². The predicted molar refractivity (Wildman–Crippen MR) is 92.2 cm³/mol. The summed E-state index contributed by atoms with van der Waals surface area (Å²) in [6, 6.07) is 7.48. The van der Waals surface area contributed by atoms with E-state index in [1.54, 1.807) is 13.0 Å². The van der Waals surface area contributed by atoms with Gasteiger partial charge in [-0.25, -0.2) is 4.39 Å². The van der Waals surface area contributed by atoms with Crippen molar-refractivity contribution in [3.8, 4) is 6.07 Å². The Morgan fingerprint density at radius 3 is 3.00 bits per heavy atom. The molecule has 0 saturated heterocycles. The van der Waals surface area contributed by atoms with Crippen LogP contribution in [0.25, 0.3) is 0 Å². The van der Waals surface area contributed by atoms with Crippen molar-refractivity contribution in [3.05, 3.63) is 48.5 Å². The first-order valence-electron chi connectivity index (χ1n) is 6.83. The molecular formula is C16H14FIN2S. The third-order valence-corrected chi connectivity index (χ3v) is 5.86. The van der Waals surface area contributed by atoms with Gasteiger partial charge in [-0.05, 0) is 72.5 Å². The molecule has 1 atom stereocenters. The fraction of sp³-hybridized carbons (Fsp3) is 0.312. The number of nitriles is 1. The lowest BCUT2D eigenvalue weighted by atomic mass is 9.93. The highest BCUT2D eigenvalue weighted by Gasteiger charge is 2.23. The zero-order valence-electron chi connectivity index (χ0n) is 11.5. The highest BCUT2D eigenvalue weighted by molar-refractivity contribution is 14.1. The Labute approximate surface area is 141 Å². The molecule has 0 bridgehead atoms. The van der Waals surface area contributed by atoms with E-state index in [2.05, 4.69) is 34.0 Å². The number of aryl methyl sites for hydroxylation is 1. The summed E-state index contributed by atoms with van der Waals surface area (Å²) < 4.78 is 15.2. The Balaban J connectivity index is 1.95. The molecule has 1 heterocycles. The van der Waals surface area contributed by atoms with Crippen LogP contribution in [0, 0.1) is 27.0 Å². The van der Waals surface area contributed by atoms with E-state index >= 15 is 0 Å². The van der Waals surface area contributed by atoms with Crippen LogP contribution in [0.5, 0.6) is 0 Å². The van der Waals surface area contributed by atoms with E-state index in [0.29, 0.717) is 11.1 Å². The molecule has 21 heavy (non-hydrogen) atoms. The predicted octanol–water partition coefficient (Wildman–Crippen LogP) is 5.16. The van der Waals surface area contributed by atoms with Gasteiger partial charge in [-0.2, -0.15) is 5.26 Å². The first kappa shape index (κ1) is 14.8. The maximum atomic E-state index is 13.9. The van der Waals surface area contributed by atoms with Gasteiger partial charge in [0.05, 0.1) is 20.6 Å². The maximum Gasteiger partial charge on any atom is 0.129 e. The molecule has 1 N–H and O–H groups in total. The molecule has 0 fully saturated rings. The van der Waals surface area contributed by atoms with E-state index in [1.165, 1.54) is 19.4 Å². The number of benzene rings is 1. The third kappa shape index (κ3) is 2.92. The summed E-state index contributed by atoms with van der Waals surface area (Å²) in [6.07, 6.45) is 3.31. The molecule has 0 spiro atoms. The second-order valence-corrected chi connectivity index (χ2v) is 8.29. The van der Waals surface area contributed by atoms with Gasteiger partial charge in [-0.15, -0.1) is 11.3 Å². The minimum Gasteiger partial charge on any atom is -0.378 e. The first-order valence-corrected chi connectivity index (χ1v) is 8.73. The number of nitrogens with zero attached hydrogens (tertiary/aromatic N) is 1. The Morgan fingerprint density at radius 2 is 2.24 bits per heavy atom. The number of thiophene rings is 1. The summed E-state index contributed by atoms with van der Waals surface area (Å²) in [5.41, 5.74) is 2.99. The normalized spacial score (nSPS) is 17.1. The molecule has 1 aromatic heterocycles. The Hall–Kier alpha value is -1.13. The van der Waals surface area contributed by atoms with Crippen LogP contribution in [-0.2, 0) is 6.42 Å². The van der Waals surface area contributed by atoms with Crippen LogP contribution in [-0.4, -0.2) is 0 Å². The third-order valence-electron chi connectivity index (χ3n) is 3.89. The topological polar surface area (TPSA) is 35.8 Å². The van der Waals surface area contributed by atoms with Crippen molar-refractivity contribution in [2.24, 2.45) is 0 Å². The van der Waals surface area contributed by atoms with Crippen LogP contribution >= 0.6 is 33.9 Å². The summed E-state index contributed by atoms with van der Waals surface area (Å²) >= 11 is 4.19. The van der Waals surface area contributed by atoms with Crippen molar-refractivity contribution in [2.45, 2.75) is 32.2 Å². The molecule has 0 amide bonds. The molecule has 0 aliphatic heterocycles. The van der Waals surface area contributed by atoms with Crippen LogP contribution in [0.4, 0.5) is 10.1 Å². The van der Waals surface area contributed by atoms with Crippen molar-refractivity contribution in [3.63, 3.8) is 0 Å². The number of hydrogen-bond donors (Lipinski definition) is 1. The molecule has 1 aliphatic carbocycles. The summed E-state index contributed by atoms with van der Waals surface area (Å²) in [4.78, 5) is 1.43. The quantitative estimate of drug-likeness (QED) is 0.692. The number of anilines is 1. The molecule has 1 aromatic carbocycles. The van der Waals surface area contributed by atoms with Gasteiger partial charge in [-0.3, -0.25) is 0 Å². The van der Waals surface area contributed by atoms with Gasteiger partial charge in [-0.1, -0.05) is 0 Å². The van der Waals surface area contributed by atoms with E-state index in [0.717, 1.165) is 24.9 Å². The molecule has 3 rings (SSSR count). The first-order chi connectivity index (χ1) is 10.1. The SMILES string of the molecule is Cc1c(F)cc(C#N)cc1NC1CCCc2sc(I)cc21. The second-order valence-electron chi connectivity index (χ2n) is 5.26. The van der Waals surface area contributed by atoms with Crippen molar-refractivity contribution >= 4 is 39.6 Å². The average Bonchev–Trinajstić information content (AvgIpc) is 2.85. The highest BCUT2D eigenvalue weighted by atomic mass is 127. The lowest BCUT2D eigenvalue weighted by Crippen LogP contribution is -2.16. The lowest BCUT2D eigenvalue weighted by Gasteiger charge is -2.25. The number of halogens is 2. The Kier molecular flexibility index (Phi) is 4.18. The number of rotatable bonds is 2.